The van der Waals surface area contributed by atoms with Crippen molar-refractivity contribution in [3.63, 3.8) is 0 Å². The van der Waals surface area contributed by atoms with Crippen LogP contribution in [0.4, 0.5) is 0 Å². The first kappa shape index (κ1) is 13.9. The number of hydrogen-bond donors (Lipinski definition) is 1. The minimum Gasteiger partial charge on any atom is -0.496 e. The molecule has 0 radical (unpaired) electrons. The van der Waals surface area contributed by atoms with Crippen molar-refractivity contribution in [2.45, 2.75) is 19.9 Å². The third-order valence-corrected chi connectivity index (χ3v) is 3.52. The first-order chi connectivity index (χ1) is 9.15. The highest BCUT2D eigenvalue weighted by molar-refractivity contribution is 5.79. The van der Waals surface area contributed by atoms with E-state index in [1.165, 1.54) is 0 Å². The molecule has 1 aliphatic heterocycles. The number of methoxy groups -OCH3 is 1. The highest BCUT2D eigenvalue weighted by Gasteiger charge is 2.30. The Kier molecular flexibility index (Phi) is 4.43. The van der Waals surface area contributed by atoms with Crippen molar-refractivity contribution in [1.82, 2.24) is 10.2 Å². The molecule has 104 valence electrons. The second-order valence-corrected chi connectivity index (χ2v) is 5.15. The summed E-state index contributed by atoms with van der Waals surface area (Å²) in [5.74, 6) is 1.07. The zero-order chi connectivity index (χ0) is 13.8. The number of amides is 1. The van der Waals surface area contributed by atoms with E-state index in [-0.39, 0.29) is 17.9 Å². The van der Waals surface area contributed by atoms with Crippen molar-refractivity contribution in [3.05, 3.63) is 29.8 Å². The Labute approximate surface area is 114 Å². The van der Waals surface area contributed by atoms with Crippen LogP contribution in [0, 0.1) is 5.92 Å². The van der Waals surface area contributed by atoms with Gasteiger partial charge in [0.05, 0.1) is 13.2 Å². The molecular formula is C15H22N2O2. The largest absolute Gasteiger partial charge is 0.496 e. The van der Waals surface area contributed by atoms with E-state index in [1.807, 2.05) is 43.0 Å². The van der Waals surface area contributed by atoms with E-state index >= 15 is 0 Å². The smallest absolute Gasteiger partial charge is 0.225 e. The topological polar surface area (TPSA) is 41.6 Å². The van der Waals surface area contributed by atoms with Gasteiger partial charge in [-0.25, -0.2) is 0 Å². The Morgan fingerprint density at radius 1 is 1.42 bits per heavy atom. The third kappa shape index (κ3) is 2.89. The number of carbonyl (C=O) groups is 1. The lowest BCUT2D eigenvalue weighted by Gasteiger charge is -2.38. The molecule has 1 heterocycles. The molecule has 4 heteroatoms. The van der Waals surface area contributed by atoms with Crippen molar-refractivity contribution in [3.8, 4) is 5.75 Å². The molecule has 1 atom stereocenters. The molecule has 1 aliphatic rings. The summed E-state index contributed by atoms with van der Waals surface area (Å²) >= 11 is 0. The second-order valence-electron chi connectivity index (χ2n) is 5.15. The maximum Gasteiger partial charge on any atom is 0.225 e. The Morgan fingerprint density at radius 3 is 2.84 bits per heavy atom. The minimum absolute atomic E-state index is 0.0234. The molecule has 1 saturated heterocycles. The summed E-state index contributed by atoms with van der Waals surface area (Å²) in [5.41, 5.74) is 1.08. The van der Waals surface area contributed by atoms with Gasteiger partial charge in [-0.2, -0.15) is 0 Å². The number of benzene rings is 1. The lowest BCUT2D eigenvalue weighted by atomic mass is 10.0. The van der Waals surface area contributed by atoms with Gasteiger partial charge >= 0.3 is 0 Å². The first-order valence-electron chi connectivity index (χ1n) is 6.79. The predicted molar refractivity (Wildman–Crippen MR) is 75.2 cm³/mol. The van der Waals surface area contributed by atoms with Gasteiger partial charge < -0.3 is 15.0 Å². The summed E-state index contributed by atoms with van der Waals surface area (Å²) in [6.07, 6.45) is 0. The van der Waals surface area contributed by atoms with E-state index in [0.29, 0.717) is 0 Å². The van der Waals surface area contributed by atoms with Crippen LogP contribution in [-0.2, 0) is 4.79 Å². The summed E-state index contributed by atoms with van der Waals surface area (Å²) in [7, 11) is 1.67. The van der Waals surface area contributed by atoms with Gasteiger partial charge in [0.1, 0.15) is 5.75 Å². The molecule has 1 N–H and O–H groups in total. The van der Waals surface area contributed by atoms with Crippen LogP contribution in [0.5, 0.6) is 5.75 Å². The highest BCUT2D eigenvalue weighted by Crippen LogP contribution is 2.30. The standard InChI is InChI=1S/C15H22N2O2/c1-11(2)15(18)17-9-8-16-10-13(17)12-6-4-5-7-14(12)19-3/h4-7,11,13,16H,8-10H2,1-3H3. The molecule has 0 spiro atoms. The second kappa shape index (κ2) is 6.06. The normalized spacial score (nSPS) is 19.6. The Morgan fingerprint density at radius 2 is 2.16 bits per heavy atom. The van der Waals surface area contributed by atoms with E-state index in [4.69, 9.17) is 4.74 Å². The SMILES string of the molecule is COc1ccccc1C1CNCCN1C(=O)C(C)C. The van der Waals surface area contributed by atoms with Crippen LogP contribution in [0.15, 0.2) is 24.3 Å². The molecule has 4 nitrogen and oxygen atoms in total. The van der Waals surface area contributed by atoms with Crippen LogP contribution in [0.2, 0.25) is 0 Å². The van der Waals surface area contributed by atoms with Crippen molar-refractivity contribution >= 4 is 5.91 Å². The van der Waals surface area contributed by atoms with Crippen molar-refractivity contribution in [2.24, 2.45) is 5.92 Å². The van der Waals surface area contributed by atoms with Gasteiger partial charge in [0.15, 0.2) is 0 Å². The Bertz CT molecular complexity index is 446. The van der Waals surface area contributed by atoms with Gasteiger partial charge in [0, 0.05) is 31.1 Å². The van der Waals surface area contributed by atoms with Crippen LogP contribution >= 0.6 is 0 Å². The summed E-state index contributed by atoms with van der Waals surface area (Å²) < 4.78 is 5.42. The van der Waals surface area contributed by atoms with Gasteiger partial charge in [0.25, 0.3) is 0 Å². The number of ether oxygens (including phenoxy) is 1. The summed E-state index contributed by atoms with van der Waals surface area (Å²) in [4.78, 5) is 14.3. The summed E-state index contributed by atoms with van der Waals surface area (Å²) in [5, 5.41) is 3.36. The average molecular weight is 262 g/mol. The first-order valence-corrected chi connectivity index (χ1v) is 6.79. The van der Waals surface area contributed by atoms with Crippen LogP contribution in [0.1, 0.15) is 25.5 Å². The molecule has 0 bridgehead atoms. The van der Waals surface area contributed by atoms with E-state index in [0.717, 1.165) is 30.9 Å². The quantitative estimate of drug-likeness (QED) is 0.903. The number of nitrogens with zero attached hydrogens (tertiary/aromatic N) is 1. The molecule has 2 rings (SSSR count). The Balaban J connectivity index is 2.31. The molecule has 1 fully saturated rings. The van der Waals surface area contributed by atoms with E-state index in [1.54, 1.807) is 7.11 Å². The zero-order valence-electron chi connectivity index (χ0n) is 11.8. The number of carbonyl (C=O) groups excluding carboxylic acids is 1. The van der Waals surface area contributed by atoms with Crippen LogP contribution < -0.4 is 10.1 Å². The van der Waals surface area contributed by atoms with Gasteiger partial charge in [-0.1, -0.05) is 32.0 Å². The van der Waals surface area contributed by atoms with Gasteiger partial charge in [-0.3, -0.25) is 4.79 Å². The van der Waals surface area contributed by atoms with Crippen molar-refractivity contribution < 1.29 is 9.53 Å². The number of piperazine rings is 1. The molecular weight excluding hydrogens is 240 g/mol. The van der Waals surface area contributed by atoms with Crippen LogP contribution in [-0.4, -0.2) is 37.6 Å². The predicted octanol–water partition coefficient (Wildman–Crippen LogP) is 1.82. The fraction of sp³-hybridized carbons (Fsp3) is 0.533. The molecule has 1 unspecified atom stereocenters. The van der Waals surface area contributed by atoms with Gasteiger partial charge in [0.2, 0.25) is 5.91 Å². The highest BCUT2D eigenvalue weighted by atomic mass is 16.5. The molecule has 0 saturated carbocycles. The van der Waals surface area contributed by atoms with Gasteiger partial charge in [-0.15, -0.1) is 0 Å². The molecule has 0 aliphatic carbocycles. The summed E-state index contributed by atoms with van der Waals surface area (Å²) in [6.45, 7) is 6.27. The number of rotatable bonds is 3. The van der Waals surface area contributed by atoms with Gasteiger partial charge in [-0.05, 0) is 6.07 Å². The lowest BCUT2D eigenvalue weighted by Crippen LogP contribution is -2.50. The van der Waals surface area contributed by atoms with Crippen LogP contribution in [0.25, 0.3) is 0 Å². The zero-order valence-corrected chi connectivity index (χ0v) is 11.8. The molecule has 1 amide bonds. The maximum absolute atomic E-state index is 12.3. The lowest BCUT2D eigenvalue weighted by molar-refractivity contribution is -0.137. The third-order valence-electron chi connectivity index (χ3n) is 3.52. The van der Waals surface area contributed by atoms with Crippen molar-refractivity contribution in [2.75, 3.05) is 26.7 Å². The van der Waals surface area contributed by atoms with Crippen LogP contribution in [0.3, 0.4) is 0 Å². The molecule has 1 aromatic carbocycles. The minimum atomic E-state index is 0.0234. The molecule has 19 heavy (non-hydrogen) atoms. The molecule has 0 aromatic heterocycles. The summed E-state index contributed by atoms with van der Waals surface area (Å²) in [6, 6.07) is 7.98. The molecule has 1 aromatic rings. The van der Waals surface area contributed by atoms with Crippen molar-refractivity contribution in [1.29, 1.82) is 0 Å². The monoisotopic (exact) mass is 262 g/mol. The number of nitrogens with one attached hydrogen (secondary N) is 1. The fourth-order valence-electron chi connectivity index (χ4n) is 2.52. The number of hydrogen-bond acceptors (Lipinski definition) is 3. The average Bonchev–Trinajstić information content (AvgIpc) is 2.46. The fourth-order valence-corrected chi connectivity index (χ4v) is 2.52. The van der Waals surface area contributed by atoms with E-state index < -0.39 is 0 Å². The Hall–Kier alpha value is -1.55. The number of para-hydroxylation sites is 1. The maximum atomic E-state index is 12.3. The van der Waals surface area contributed by atoms with E-state index in [2.05, 4.69) is 5.32 Å². The van der Waals surface area contributed by atoms with E-state index in [9.17, 15) is 4.79 Å².